The lowest BCUT2D eigenvalue weighted by atomic mass is 9.85. The number of nitrogens with zero attached hydrogens (tertiary/aromatic N) is 2. The molecule has 1 saturated heterocycles. The molecule has 2 amide bonds. The summed E-state index contributed by atoms with van der Waals surface area (Å²) in [5.41, 5.74) is 4.93. The van der Waals surface area contributed by atoms with Crippen LogP contribution < -0.4 is 10.6 Å². The summed E-state index contributed by atoms with van der Waals surface area (Å²) < 4.78 is 0. The van der Waals surface area contributed by atoms with Crippen molar-refractivity contribution in [1.29, 1.82) is 0 Å². The Morgan fingerprint density at radius 1 is 1.28 bits per heavy atom. The van der Waals surface area contributed by atoms with Crippen LogP contribution in [-0.2, 0) is 16.1 Å². The number of nitrogens with one attached hydrogen (secondary N) is 2. The van der Waals surface area contributed by atoms with Gasteiger partial charge < -0.3 is 15.5 Å². The van der Waals surface area contributed by atoms with Crippen LogP contribution in [0.5, 0.6) is 0 Å². The highest BCUT2D eigenvalue weighted by atomic mass is 16.2. The van der Waals surface area contributed by atoms with Crippen molar-refractivity contribution in [2.24, 2.45) is 10.4 Å². The predicted octanol–water partition coefficient (Wildman–Crippen LogP) is 4.28. The first kappa shape index (κ1) is 25.4. The molecular weight excluding hydrogens is 400 g/mol. The van der Waals surface area contributed by atoms with E-state index in [0.29, 0.717) is 19.5 Å². The molecule has 2 rings (SSSR count). The lowest BCUT2D eigenvalue weighted by molar-refractivity contribution is -0.138. The molecule has 0 saturated carbocycles. The molecule has 2 atom stereocenters. The summed E-state index contributed by atoms with van der Waals surface area (Å²) in [5, 5.41) is 6.13. The van der Waals surface area contributed by atoms with Gasteiger partial charge in [-0.25, -0.2) is 0 Å². The monoisotopic (exact) mass is 438 g/mol. The topological polar surface area (TPSA) is 73.8 Å². The van der Waals surface area contributed by atoms with Gasteiger partial charge in [-0.3, -0.25) is 14.6 Å². The van der Waals surface area contributed by atoms with E-state index in [1.165, 1.54) is 0 Å². The molecule has 0 aromatic heterocycles. The van der Waals surface area contributed by atoms with E-state index in [4.69, 9.17) is 0 Å². The minimum absolute atomic E-state index is 0.0493. The van der Waals surface area contributed by atoms with Crippen molar-refractivity contribution >= 4 is 24.1 Å². The Morgan fingerprint density at radius 2 is 1.94 bits per heavy atom. The van der Waals surface area contributed by atoms with E-state index in [0.717, 1.165) is 40.9 Å². The zero-order chi connectivity index (χ0) is 23.9. The van der Waals surface area contributed by atoms with Crippen LogP contribution in [0.3, 0.4) is 0 Å². The van der Waals surface area contributed by atoms with Gasteiger partial charge in [0.15, 0.2) is 0 Å². The number of aliphatic imine (C=N–C) groups is 1. The maximum Gasteiger partial charge on any atom is 0.246 e. The van der Waals surface area contributed by atoms with Crippen molar-refractivity contribution in [2.45, 2.75) is 73.0 Å². The van der Waals surface area contributed by atoms with Crippen molar-refractivity contribution in [3.8, 4) is 0 Å². The van der Waals surface area contributed by atoms with Gasteiger partial charge in [-0.1, -0.05) is 51.6 Å². The number of hydrogen-bond donors (Lipinski definition) is 2. The van der Waals surface area contributed by atoms with E-state index in [2.05, 4.69) is 53.4 Å². The molecule has 1 aliphatic heterocycles. The van der Waals surface area contributed by atoms with Crippen LogP contribution in [0, 0.1) is 5.41 Å². The third-order valence-electron chi connectivity index (χ3n) is 6.06. The molecule has 1 aliphatic rings. The van der Waals surface area contributed by atoms with Gasteiger partial charge in [0.1, 0.15) is 6.04 Å². The number of rotatable bonds is 9. The van der Waals surface area contributed by atoms with E-state index in [9.17, 15) is 9.59 Å². The minimum Gasteiger partial charge on any atom is -0.383 e. The van der Waals surface area contributed by atoms with Crippen LogP contribution in [0.4, 0.5) is 0 Å². The van der Waals surface area contributed by atoms with E-state index in [-0.39, 0.29) is 17.4 Å². The van der Waals surface area contributed by atoms with Crippen molar-refractivity contribution < 1.29 is 9.59 Å². The molecule has 174 valence electrons. The van der Waals surface area contributed by atoms with E-state index in [1.54, 1.807) is 6.21 Å². The first-order valence-corrected chi connectivity index (χ1v) is 11.3. The number of carbonyl (C=O) groups is 2. The van der Waals surface area contributed by atoms with Crippen LogP contribution in [-0.4, -0.2) is 42.1 Å². The second-order valence-electron chi connectivity index (χ2n) is 9.45. The van der Waals surface area contributed by atoms with Crippen molar-refractivity contribution in [3.05, 3.63) is 53.4 Å². The van der Waals surface area contributed by atoms with Gasteiger partial charge in [0.2, 0.25) is 12.3 Å². The van der Waals surface area contributed by atoms with Gasteiger partial charge in [0.25, 0.3) is 0 Å². The SMILES string of the molecule is C=C(NCc1ccc(/C(C)=C(C)/N=C\C)cc1)C1CCCN1C(=O)C(NC=O)C(C)(C)C. The molecule has 1 aromatic rings. The summed E-state index contributed by atoms with van der Waals surface area (Å²) in [4.78, 5) is 30.5. The molecule has 2 N–H and O–H groups in total. The zero-order valence-electron chi connectivity index (χ0n) is 20.4. The smallest absolute Gasteiger partial charge is 0.246 e. The largest absolute Gasteiger partial charge is 0.383 e. The first-order chi connectivity index (χ1) is 15.1. The number of likely N-dealkylation sites (tertiary alicyclic amines) is 1. The highest BCUT2D eigenvalue weighted by Crippen LogP contribution is 2.27. The van der Waals surface area contributed by atoms with Crippen molar-refractivity contribution in [3.63, 3.8) is 0 Å². The number of benzene rings is 1. The molecule has 0 aliphatic carbocycles. The minimum atomic E-state index is -0.558. The van der Waals surface area contributed by atoms with Crippen molar-refractivity contribution in [1.82, 2.24) is 15.5 Å². The van der Waals surface area contributed by atoms with Gasteiger partial charge in [-0.2, -0.15) is 0 Å². The van der Waals surface area contributed by atoms with Crippen LogP contribution >= 0.6 is 0 Å². The molecule has 6 nitrogen and oxygen atoms in total. The van der Waals surface area contributed by atoms with Crippen LogP contribution in [0.1, 0.15) is 65.5 Å². The van der Waals surface area contributed by atoms with Gasteiger partial charge >= 0.3 is 0 Å². The third kappa shape index (κ3) is 6.31. The number of carbonyl (C=O) groups excluding carboxylic acids is 2. The average molecular weight is 439 g/mol. The van der Waals surface area contributed by atoms with Crippen molar-refractivity contribution in [2.75, 3.05) is 6.54 Å². The van der Waals surface area contributed by atoms with Gasteiger partial charge in [0.05, 0.1) is 6.04 Å². The van der Waals surface area contributed by atoms with Gasteiger partial charge in [-0.15, -0.1) is 0 Å². The number of hydrogen-bond acceptors (Lipinski definition) is 4. The Bertz CT molecular complexity index is 878. The lowest BCUT2D eigenvalue weighted by Gasteiger charge is -2.35. The fourth-order valence-corrected chi connectivity index (χ4v) is 4.02. The predicted molar refractivity (Wildman–Crippen MR) is 132 cm³/mol. The molecule has 6 heteroatoms. The second-order valence-corrected chi connectivity index (χ2v) is 9.45. The normalized spacial score (nSPS) is 18.3. The molecular formula is C26H38N4O2. The zero-order valence-corrected chi connectivity index (χ0v) is 20.4. The number of amides is 2. The maximum absolute atomic E-state index is 13.2. The fraction of sp³-hybridized carbons (Fsp3) is 0.500. The molecule has 32 heavy (non-hydrogen) atoms. The standard InChI is InChI=1S/C26H38N4O2/c1-8-27-19(3)18(2)22-13-11-21(12-14-22)16-28-20(4)23-10-9-15-30(23)25(32)24(29-17-31)26(5,6)7/h8,11-14,17,23-24,28H,4,9-10,15-16H2,1-3,5-7H3,(H,29,31)/b19-18+,27-8-. The molecule has 2 unspecified atom stereocenters. The summed E-state index contributed by atoms with van der Waals surface area (Å²) in [5.74, 6) is -0.0493. The van der Waals surface area contributed by atoms with E-state index in [1.807, 2.05) is 39.5 Å². The maximum atomic E-state index is 13.2. The third-order valence-corrected chi connectivity index (χ3v) is 6.06. The van der Waals surface area contributed by atoms with E-state index >= 15 is 0 Å². The lowest BCUT2D eigenvalue weighted by Crippen LogP contribution is -2.54. The summed E-state index contributed by atoms with van der Waals surface area (Å²) in [6, 6.07) is 7.78. The second kappa shape index (κ2) is 11.1. The number of allylic oxidation sites excluding steroid dienone is 2. The molecule has 0 radical (unpaired) electrons. The quantitative estimate of drug-likeness (QED) is 0.446. The highest BCUT2D eigenvalue weighted by molar-refractivity contribution is 5.85. The van der Waals surface area contributed by atoms with E-state index < -0.39 is 6.04 Å². The molecule has 1 aromatic carbocycles. The molecule has 0 spiro atoms. The first-order valence-electron chi connectivity index (χ1n) is 11.3. The summed E-state index contributed by atoms with van der Waals surface area (Å²) in [6.45, 7) is 17.4. The van der Waals surface area contributed by atoms with Gasteiger partial charge in [-0.05, 0) is 55.7 Å². The Labute approximate surface area is 192 Å². The Morgan fingerprint density at radius 3 is 2.50 bits per heavy atom. The summed E-state index contributed by atoms with van der Waals surface area (Å²) in [7, 11) is 0. The van der Waals surface area contributed by atoms with Crippen LogP contribution in [0.15, 0.2) is 47.2 Å². The summed E-state index contributed by atoms with van der Waals surface area (Å²) >= 11 is 0. The average Bonchev–Trinajstić information content (AvgIpc) is 3.24. The molecule has 0 bridgehead atoms. The fourth-order valence-electron chi connectivity index (χ4n) is 4.02. The van der Waals surface area contributed by atoms with Crippen LogP contribution in [0.25, 0.3) is 5.57 Å². The Balaban J connectivity index is 2.03. The Kier molecular flexibility index (Phi) is 8.81. The molecule has 1 heterocycles. The highest BCUT2D eigenvalue weighted by Gasteiger charge is 2.39. The van der Waals surface area contributed by atoms with Gasteiger partial charge in [0, 0.05) is 30.7 Å². The molecule has 1 fully saturated rings. The summed E-state index contributed by atoms with van der Waals surface area (Å²) in [6.07, 6.45) is 4.21. The Hall–Kier alpha value is -2.89. The van der Waals surface area contributed by atoms with Crippen LogP contribution in [0.2, 0.25) is 0 Å².